The molecule has 116 heavy (non-hydrogen) atoms. The first-order chi connectivity index (χ1) is 55.6. The van der Waals surface area contributed by atoms with Gasteiger partial charge in [-0.2, -0.15) is 0 Å². The molecule has 0 amide bonds. The van der Waals surface area contributed by atoms with Crippen molar-refractivity contribution in [3.63, 3.8) is 0 Å². The van der Waals surface area contributed by atoms with Crippen LogP contribution < -0.4 is 11.5 Å². The van der Waals surface area contributed by atoms with E-state index in [4.69, 9.17) is 11.5 Å². The van der Waals surface area contributed by atoms with Gasteiger partial charge in [0.1, 0.15) is 33.9 Å². The molecule has 24 atom stereocenters. The molecule has 12 nitrogen and oxygen atoms in total. The summed E-state index contributed by atoms with van der Waals surface area (Å²) in [6, 6.07) is 29.0. The Hall–Kier alpha value is -8.20. The molecule has 0 bridgehead atoms. The second kappa shape index (κ2) is 31.2. The Morgan fingerprint density at radius 2 is 0.586 bits per heavy atom. The molecule has 0 aliphatic heterocycles. The molecule has 16 aliphatic rings. The average Bonchev–Trinajstić information content (AvgIpc) is 1.55. The Kier molecular flexibility index (Phi) is 21.6. The molecule has 0 heterocycles. The Bertz CT molecular complexity index is 4630. The first-order valence-corrected chi connectivity index (χ1v) is 44.8. The summed E-state index contributed by atoms with van der Waals surface area (Å²) in [6.07, 6.45) is 39.5. The minimum absolute atomic E-state index is 0.138. The second-order valence-corrected chi connectivity index (χ2v) is 40.0. The number of benzene rings is 4. The zero-order chi connectivity index (χ0) is 80.9. The number of nitrogen functional groups attached to an aromatic ring is 2. The number of nitrogens with two attached hydrogens (primary N) is 2. The Morgan fingerprint density at radius 3 is 0.897 bits per heavy atom. The van der Waals surface area contributed by atoms with Gasteiger partial charge in [-0.3, -0.25) is 19.2 Å². The minimum atomic E-state index is -0.966. The zero-order valence-corrected chi connectivity index (χ0v) is 68.9. The standard InChI is InChI=1S/2C26H31NO2.2C26H30O3/c1-25-13-11-22-21-9-7-20(28)16-18(21)4-8-23(22)24(25)12-15-26(25,29)14-10-17-2-5-19(27)6-3-17;1-25-12-10-22-21-8-6-20(28)16-18(21)5-7-23(22)24(25)11-14-26(25,29)13-9-17-3-2-4-19(27)15-17;1-25-13-11-22-21-9-7-20(28)16-18(21)4-8-23(22)24(25)12-15-26(25,29)14-10-17-2-5-19(27)6-3-17;1-25-12-10-22-21-8-6-20(28)16-18(21)5-7-23(22)24(25)11-14-26(25,29)13-9-17-3-2-4-19(27)15-17/h2-3,5-6,16,21-24,29H,4,7-9,11-13,15,27H2,1H3;2-4,15-16,21-24,29H,5-8,10-12,14,27H2,1H3;2-3,5-6,16,21-24,27,29H,4,7-9,11-13,15H2,1H3;2-4,15-16,21-24,27,29H,5-8,10-12,14H2,1H3/t4*21-,22-,23+,24+,25-,26+/m0000/s1. The van der Waals surface area contributed by atoms with Gasteiger partial charge in [0.25, 0.3) is 0 Å². The molecule has 12 heteroatoms. The number of allylic oxidation sites excluding steroid dienone is 4. The molecule has 0 aromatic heterocycles. The SMILES string of the molecule is C[C@]12CC[C@@H]3[C@@H](CCC4=CC(=O)CC[C@@H]43)[C@H]1CC[C@]2(O)C#Cc1ccc(N)cc1.C[C@]12CC[C@@H]3[C@@H](CCC4=CC(=O)CC[C@@H]43)[C@H]1CC[C@]2(O)C#Cc1ccc(O)cc1.C[C@]12CC[C@@H]3[C@@H](CCC4=CC(=O)CC[C@@H]43)[C@H]1CC[C@]2(O)C#Cc1cccc(N)c1.C[C@]12CC[C@@H]3[C@@H](CCC4=CC(=O)CC[C@@H]43)[C@H]1CC[C@]2(O)C#Cc1cccc(O)c1. The van der Waals surface area contributed by atoms with Crippen LogP contribution in [0.2, 0.25) is 0 Å². The van der Waals surface area contributed by atoms with Crippen LogP contribution in [-0.2, 0) is 19.2 Å². The molecule has 0 unspecified atom stereocenters. The van der Waals surface area contributed by atoms with Gasteiger partial charge in [0.2, 0.25) is 0 Å². The normalized spacial score (nSPS) is 40.8. The van der Waals surface area contributed by atoms with Crippen molar-refractivity contribution >= 4 is 34.5 Å². The highest BCUT2D eigenvalue weighted by Crippen LogP contribution is 2.70. The molecule has 0 spiro atoms. The number of carbonyl (C=O) groups is 4. The number of phenols is 2. The molecule has 12 saturated carbocycles. The van der Waals surface area contributed by atoms with Crippen LogP contribution >= 0.6 is 0 Å². The maximum Gasteiger partial charge on any atom is 0.155 e. The summed E-state index contributed by atoms with van der Waals surface area (Å²) in [4.78, 5) is 47.5. The van der Waals surface area contributed by atoms with Gasteiger partial charge in [-0.25, -0.2) is 0 Å². The summed E-state index contributed by atoms with van der Waals surface area (Å²) >= 11 is 0. The maximum atomic E-state index is 11.9. The fourth-order valence-electron chi connectivity index (χ4n) is 28.6. The molecule has 10 N–H and O–H groups in total. The highest BCUT2D eigenvalue weighted by molar-refractivity contribution is 5.93. The summed E-state index contributed by atoms with van der Waals surface area (Å²) in [6.45, 7) is 9.09. The monoisotopic (exact) mass is 1560 g/mol. The van der Waals surface area contributed by atoms with E-state index in [0.717, 1.165) is 208 Å². The van der Waals surface area contributed by atoms with Gasteiger partial charge in [0.15, 0.2) is 23.1 Å². The van der Waals surface area contributed by atoms with Crippen molar-refractivity contribution in [2.45, 2.75) is 256 Å². The topological polar surface area (TPSA) is 242 Å². The molecule has 12 fully saturated rings. The van der Waals surface area contributed by atoms with E-state index in [0.29, 0.717) is 136 Å². The Balaban J connectivity index is 0.000000111. The quantitative estimate of drug-likeness (QED) is 0.0606. The van der Waals surface area contributed by atoms with Crippen molar-refractivity contribution in [2.75, 3.05) is 11.5 Å². The largest absolute Gasteiger partial charge is 0.508 e. The lowest BCUT2D eigenvalue weighted by molar-refractivity contribution is -0.117. The van der Waals surface area contributed by atoms with Crippen molar-refractivity contribution < 1.29 is 49.8 Å². The number of ketones is 4. The number of aromatic hydroxyl groups is 2. The number of phenolic OH excluding ortho intramolecular Hbond substituents is 2. The lowest BCUT2D eigenvalue weighted by Gasteiger charge is -2.54. The zero-order valence-electron chi connectivity index (χ0n) is 68.9. The highest BCUT2D eigenvalue weighted by Gasteiger charge is 2.67. The van der Waals surface area contributed by atoms with E-state index >= 15 is 0 Å². The maximum absolute atomic E-state index is 11.9. The lowest BCUT2D eigenvalue weighted by Crippen LogP contribution is -2.52. The summed E-state index contributed by atoms with van der Waals surface area (Å²) in [5, 5.41) is 65.8. The molecular weight excluding hydrogens is 1440 g/mol. The number of aliphatic hydroxyl groups is 4. The van der Waals surface area contributed by atoms with Crippen LogP contribution in [0.1, 0.15) is 255 Å². The van der Waals surface area contributed by atoms with Crippen molar-refractivity contribution in [3.05, 3.63) is 166 Å². The molecular formula is C104H122N2O10. The van der Waals surface area contributed by atoms with Crippen LogP contribution in [0.3, 0.4) is 0 Å². The molecule has 16 aliphatic carbocycles. The van der Waals surface area contributed by atoms with E-state index in [1.807, 2.05) is 78.9 Å². The van der Waals surface area contributed by atoms with Crippen molar-refractivity contribution in [2.24, 2.45) is 116 Å². The lowest BCUT2D eigenvalue weighted by atomic mass is 9.50. The van der Waals surface area contributed by atoms with Crippen LogP contribution in [0, 0.1) is 164 Å². The van der Waals surface area contributed by atoms with Crippen molar-refractivity contribution in [1.82, 2.24) is 0 Å². The van der Waals surface area contributed by atoms with Gasteiger partial charge in [-0.1, -0.05) is 109 Å². The van der Waals surface area contributed by atoms with E-state index in [1.165, 1.54) is 35.1 Å². The second-order valence-electron chi connectivity index (χ2n) is 40.0. The van der Waals surface area contributed by atoms with E-state index in [9.17, 15) is 49.8 Å². The number of rotatable bonds is 0. The molecule has 4 aromatic rings. The number of carbonyl (C=O) groups excluding carboxylic acids is 4. The third-order valence-corrected chi connectivity index (χ3v) is 35.0. The third-order valence-electron chi connectivity index (χ3n) is 35.0. The van der Waals surface area contributed by atoms with E-state index in [-0.39, 0.29) is 33.2 Å². The van der Waals surface area contributed by atoms with Crippen LogP contribution in [0.5, 0.6) is 11.5 Å². The van der Waals surface area contributed by atoms with E-state index in [2.05, 4.69) is 75.1 Å². The van der Waals surface area contributed by atoms with Crippen molar-refractivity contribution in [1.29, 1.82) is 0 Å². The summed E-state index contributed by atoms with van der Waals surface area (Å²) in [5.74, 6) is 37.4. The molecule has 0 saturated heterocycles. The van der Waals surface area contributed by atoms with Crippen LogP contribution in [0.15, 0.2) is 144 Å². The first-order valence-electron chi connectivity index (χ1n) is 44.8. The number of hydrogen-bond acceptors (Lipinski definition) is 12. The predicted molar refractivity (Wildman–Crippen MR) is 454 cm³/mol. The summed E-state index contributed by atoms with van der Waals surface area (Å²) in [5.41, 5.74) is 17.7. The number of hydrogen-bond donors (Lipinski definition) is 8. The molecule has 20 rings (SSSR count). The van der Waals surface area contributed by atoms with Crippen molar-refractivity contribution in [3.8, 4) is 58.9 Å². The number of fused-ring (bicyclic) bond motifs is 20. The summed E-state index contributed by atoms with van der Waals surface area (Å²) in [7, 11) is 0. The van der Waals surface area contributed by atoms with Crippen LogP contribution in [0.25, 0.3) is 0 Å². The van der Waals surface area contributed by atoms with Gasteiger partial charge in [0.05, 0.1) is 0 Å². The fraction of sp³-hybridized carbons (Fsp3) is 0.577. The molecule has 0 radical (unpaired) electrons. The predicted octanol–water partition coefficient (Wildman–Crippen LogP) is 18.2. The summed E-state index contributed by atoms with van der Waals surface area (Å²) < 4.78 is 0. The van der Waals surface area contributed by atoms with Gasteiger partial charge < -0.3 is 42.1 Å². The van der Waals surface area contributed by atoms with E-state index in [1.54, 1.807) is 42.5 Å². The Labute approximate surface area is 688 Å². The fourth-order valence-corrected chi connectivity index (χ4v) is 28.6. The van der Waals surface area contributed by atoms with Gasteiger partial charge in [0, 0.05) is 81.0 Å². The van der Waals surface area contributed by atoms with E-state index < -0.39 is 22.4 Å². The van der Waals surface area contributed by atoms with Crippen LogP contribution in [0.4, 0.5) is 11.4 Å². The first kappa shape index (κ1) is 80.2. The molecule has 608 valence electrons. The van der Waals surface area contributed by atoms with Gasteiger partial charge >= 0.3 is 0 Å². The van der Waals surface area contributed by atoms with Gasteiger partial charge in [-0.15, -0.1) is 0 Å². The smallest absolute Gasteiger partial charge is 0.155 e. The molecule has 4 aromatic carbocycles. The van der Waals surface area contributed by atoms with Gasteiger partial charge in [-0.05, 0) is 384 Å². The Morgan fingerprint density at radius 1 is 0.293 bits per heavy atom. The minimum Gasteiger partial charge on any atom is -0.508 e. The third kappa shape index (κ3) is 14.4. The average molecular weight is 1560 g/mol. The number of anilines is 2. The van der Waals surface area contributed by atoms with Crippen LogP contribution in [-0.4, -0.2) is 76.2 Å². The highest BCUT2D eigenvalue weighted by atomic mass is 16.3.